The van der Waals surface area contributed by atoms with Crippen LogP contribution in [-0.2, 0) is 16.0 Å². The number of benzene rings is 2. The molecular weight excluding hydrogens is 622 g/mol. The second-order valence-corrected chi connectivity index (χ2v) is 12.2. The highest BCUT2D eigenvalue weighted by atomic mass is 35.5. The number of imide groups is 2. The van der Waals surface area contributed by atoms with Crippen LogP contribution in [0.3, 0.4) is 0 Å². The molecule has 2 saturated heterocycles. The van der Waals surface area contributed by atoms with Gasteiger partial charge in [0, 0.05) is 67.5 Å². The van der Waals surface area contributed by atoms with Crippen molar-refractivity contribution in [1.29, 1.82) is 0 Å². The normalized spacial score (nSPS) is 18.3. The number of piperidine rings is 1. The number of hydrogen-bond donors (Lipinski definition) is 3. The first-order valence-electron chi connectivity index (χ1n) is 15.7. The minimum absolute atomic E-state index is 0.0606. The molecule has 2 aromatic carbocycles. The zero-order chi connectivity index (χ0) is 32.8. The van der Waals surface area contributed by atoms with Crippen molar-refractivity contribution in [2.45, 2.75) is 38.6 Å². The number of fused-ring (bicyclic) bond motifs is 2. The summed E-state index contributed by atoms with van der Waals surface area (Å²) in [6.07, 6.45) is 5.43. The van der Waals surface area contributed by atoms with Gasteiger partial charge in [-0.25, -0.2) is 9.78 Å². The summed E-state index contributed by atoms with van der Waals surface area (Å²) in [5, 5.41) is 6.14. The number of hydrogen-bond acceptors (Lipinski definition) is 7. The van der Waals surface area contributed by atoms with Gasteiger partial charge in [0.1, 0.15) is 11.9 Å². The number of aromatic nitrogens is 2. The Morgan fingerprint density at radius 1 is 1.00 bits per heavy atom. The molecule has 7 rings (SSSR count). The number of amides is 6. The Morgan fingerprint density at radius 3 is 2.64 bits per heavy atom. The Kier molecular flexibility index (Phi) is 7.88. The Hall–Kier alpha value is -5.23. The predicted octanol–water partition coefficient (Wildman–Crippen LogP) is 4.54. The van der Waals surface area contributed by atoms with Crippen LogP contribution in [0.2, 0.25) is 5.02 Å². The number of H-pyrrole nitrogens is 1. The van der Waals surface area contributed by atoms with Crippen molar-refractivity contribution in [2.24, 2.45) is 0 Å². The Labute approximate surface area is 275 Å². The number of carbonyl (C=O) groups is 5. The highest BCUT2D eigenvalue weighted by Crippen LogP contribution is 2.40. The fourth-order valence-electron chi connectivity index (χ4n) is 6.56. The maximum Gasteiger partial charge on any atom is 0.324 e. The summed E-state index contributed by atoms with van der Waals surface area (Å²) in [6.45, 7) is 4.08. The predicted molar refractivity (Wildman–Crippen MR) is 176 cm³/mol. The molecule has 13 heteroatoms. The molecule has 3 N–H and O–H groups in total. The van der Waals surface area contributed by atoms with E-state index >= 15 is 0 Å². The fraction of sp³-hybridized carbons (Fsp3) is 0.294. The van der Waals surface area contributed by atoms with Crippen molar-refractivity contribution >= 4 is 52.6 Å². The molecule has 2 fully saturated rings. The monoisotopic (exact) mass is 653 g/mol. The fourth-order valence-corrected chi connectivity index (χ4v) is 6.94. The van der Waals surface area contributed by atoms with Gasteiger partial charge in [-0.3, -0.25) is 34.3 Å². The molecule has 5 heterocycles. The number of carbonyl (C=O) groups excluding carboxylic acids is 5. The molecule has 1 unspecified atom stereocenters. The number of nitrogens with one attached hydrogen (secondary N) is 3. The summed E-state index contributed by atoms with van der Waals surface area (Å²) in [5.74, 6) is -1.47. The first kappa shape index (κ1) is 30.4. The van der Waals surface area contributed by atoms with Gasteiger partial charge >= 0.3 is 6.03 Å². The maximum atomic E-state index is 13.6. The lowest BCUT2D eigenvalue weighted by Gasteiger charge is -2.36. The number of anilines is 2. The summed E-state index contributed by atoms with van der Waals surface area (Å²) >= 11 is 6.76. The molecule has 5 aliphatic heterocycles. The van der Waals surface area contributed by atoms with Crippen LogP contribution in [0.4, 0.5) is 16.2 Å². The van der Waals surface area contributed by atoms with Crippen molar-refractivity contribution in [3.05, 3.63) is 76.6 Å². The van der Waals surface area contributed by atoms with Crippen LogP contribution >= 0.6 is 11.6 Å². The smallest absolute Gasteiger partial charge is 0.324 e. The van der Waals surface area contributed by atoms with E-state index in [-0.39, 0.29) is 30.0 Å². The summed E-state index contributed by atoms with van der Waals surface area (Å²) in [6, 6.07) is 11.6. The van der Waals surface area contributed by atoms with Crippen molar-refractivity contribution in [1.82, 2.24) is 25.1 Å². The zero-order valence-corrected chi connectivity index (χ0v) is 26.4. The molecule has 1 atom stereocenters. The average molecular weight is 654 g/mol. The molecule has 0 spiro atoms. The zero-order valence-electron chi connectivity index (χ0n) is 25.6. The summed E-state index contributed by atoms with van der Waals surface area (Å²) in [4.78, 5) is 75.9. The van der Waals surface area contributed by atoms with Crippen LogP contribution in [0.25, 0.3) is 22.5 Å². The summed E-state index contributed by atoms with van der Waals surface area (Å²) < 4.78 is 0. The molecule has 12 nitrogen and oxygen atoms in total. The van der Waals surface area contributed by atoms with Crippen LogP contribution < -0.4 is 15.5 Å². The lowest BCUT2D eigenvalue weighted by atomic mass is 10.0. The number of aryl methyl sites for hydroxylation is 1. The molecule has 6 amide bonds. The highest BCUT2D eigenvalue weighted by Gasteiger charge is 2.44. The lowest BCUT2D eigenvalue weighted by molar-refractivity contribution is -0.136. The number of urea groups is 1. The molecule has 0 aromatic heterocycles. The highest BCUT2D eigenvalue weighted by molar-refractivity contribution is 6.34. The molecule has 0 bridgehead atoms. The van der Waals surface area contributed by atoms with E-state index < -0.39 is 29.7 Å². The van der Waals surface area contributed by atoms with Gasteiger partial charge in [-0.1, -0.05) is 30.7 Å². The molecule has 0 radical (unpaired) electrons. The van der Waals surface area contributed by atoms with E-state index in [1.54, 1.807) is 34.2 Å². The number of nitrogens with zero attached hydrogens (tertiary/aromatic N) is 4. The van der Waals surface area contributed by atoms with Gasteiger partial charge in [-0.05, 0) is 60.7 Å². The van der Waals surface area contributed by atoms with E-state index in [9.17, 15) is 24.0 Å². The van der Waals surface area contributed by atoms with Crippen LogP contribution in [0.15, 0.2) is 54.9 Å². The third-order valence-corrected chi connectivity index (χ3v) is 9.46. The van der Waals surface area contributed by atoms with Gasteiger partial charge in [0.2, 0.25) is 11.8 Å². The maximum absolute atomic E-state index is 13.6. The van der Waals surface area contributed by atoms with Crippen LogP contribution in [0.1, 0.15) is 52.5 Å². The van der Waals surface area contributed by atoms with Crippen molar-refractivity contribution in [3.8, 4) is 22.5 Å². The Bertz CT molecular complexity index is 1920. The second-order valence-electron chi connectivity index (χ2n) is 11.8. The molecule has 0 aliphatic carbocycles. The third kappa shape index (κ3) is 5.38. The SMILES string of the molecule is CCc1c[nH]c2ncc(-c3cccc(N4CCCN(CCNc5ccc6c(c5)C(=O)N(C5CCC(=O)NC5=O)C6=O)C4=O)c3)c-2c1Cl. The quantitative estimate of drug-likeness (QED) is 0.237. The standard InChI is InChI=1S/C34H32ClN7O5/c1-2-19-17-37-30-28(29(19)35)25(18-38-30)20-5-3-6-22(15-20)41-13-4-12-40(34(41)47)14-11-36-21-7-8-23-24(16-21)33(46)42(32(23)45)26-9-10-27(43)39-31(26)44/h3,5-8,15-18,26,36H,2,4,9-14H2,1H3,(H,37,38)(H,39,43,44). The number of pyridine rings is 1. The second kappa shape index (κ2) is 12.2. The van der Waals surface area contributed by atoms with E-state index in [0.29, 0.717) is 42.7 Å². The molecule has 2 aromatic rings. The van der Waals surface area contributed by atoms with E-state index in [2.05, 4.69) is 27.5 Å². The third-order valence-electron chi connectivity index (χ3n) is 9.02. The minimum atomic E-state index is -1.02. The first-order chi connectivity index (χ1) is 22.7. The van der Waals surface area contributed by atoms with E-state index in [1.807, 2.05) is 30.5 Å². The van der Waals surface area contributed by atoms with Gasteiger partial charge in [-0.2, -0.15) is 0 Å². The van der Waals surface area contributed by atoms with Gasteiger partial charge in [-0.15, -0.1) is 0 Å². The van der Waals surface area contributed by atoms with Gasteiger partial charge in [0.25, 0.3) is 11.8 Å². The topological polar surface area (TPSA) is 148 Å². The molecular formula is C34H32ClN7O5. The van der Waals surface area contributed by atoms with Crippen molar-refractivity contribution < 1.29 is 24.0 Å². The molecule has 5 aliphatic rings. The van der Waals surface area contributed by atoms with Gasteiger partial charge < -0.3 is 15.2 Å². The van der Waals surface area contributed by atoms with Crippen LogP contribution in [0.5, 0.6) is 0 Å². The number of rotatable bonds is 8. The number of halogens is 1. The Balaban J connectivity index is 1.01. The van der Waals surface area contributed by atoms with Crippen LogP contribution in [0, 0.1) is 0 Å². The van der Waals surface area contributed by atoms with Gasteiger partial charge in [0.15, 0.2) is 0 Å². The van der Waals surface area contributed by atoms with Crippen LogP contribution in [-0.4, -0.2) is 81.6 Å². The Morgan fingerprint density at radius 2 is 1.83 bits per heavy atom. The minimum Gasteiger partial charge on any atom is -0.383 e. The van der Waals surface area contributed by atoms with Gasteiger partial charge in [0.05, 0.1) is 16.1 Å². The van der Waals surface area contributed by atoms with Crippen molar-refractivity contribution in [2.75, 3.05) is 36.4 Å². The number of aromatic amines is 1. The summed E-state index contributed by atoms with van der Waals surface area (Å²) in [5.41, 5.74) is 5.50. The van der Waals surface area contributed by atoms with E-state index in [0.717, 1.165) is 45.7 Å². The largest absolute Gasteiger partial charge is 0.383 e. The molecule has 240 valence electrons. The molecule has 47 heavy (non-hydrogen) atoms. The average Bonchev–Trinajstić information content (AvgIpc) is 3.61. The van der Waals surface area contributed by atoms with E-state index in [4.69, 9.17) is 11.6 Å². The first-order valence-corrected chi connectivity index (χ1v) is 16.0. The summed E-state index contributed by atoms with van der Waals surface area (Å²) in [7, 11) is 0. The molecule has 0 saturated carbocycles. The lowest BCUT2D eigenvalue weighted by Crippen LogP contribution is -2.54. The van der Waals surface area contributed by atoms with Crippen molar-refractivity contribution in [3.63, 3.8) is 0 Å². The van der Waals surface area contributed by atoms with E-state index in [1.165, 1.54) is 0 Å².